The standard InChI is InChI=1S/C23H26N4O4/c1-30-15-9-10-20(31-2)17(12-15)19-8-5-11-26(19)14-22-25-18-7-4-3-6-16(18)23(29)27(22)13-21(24)28/h3-4,6-7,9-10,12,19H,5,8,11,13-14H2,1-2H3,(H2,24,28)/p+1/t19-/m1/s1. The number of hydrogen-bond acceptors (Lipinski definition) is 5. The highest BCUT2D eigenvalue weighted by atomic mass is 16.5. The Labute approximate surface area is 180 Å². The summed E-state index contributed by atoms with van der Waals surface area (Å²) in [5.74, 6) is 1.58. The largest absolute Gasteiger partial charge is 0.497 e. The summed E-state index contributed by atoms with van der Waals surface area (Å²) in [6.45, 7) is 1.23. The van der Waals surface area contributed by atoms with E-state index in [4.69, 9.17) is 20.2 Å². The number of carbonyl (C=O) groups is 1. The van der Waals surface area contributed by atoms with Crippen LogP contribution in [0.5, 0.6) is 11.5 Å². The van der Waals surface area contributed by atoms with Gasteiger partial charge in [-0.1, -0.05) is 12.1 Å². The number of likely N-dealkylation sites (tertiary alicyclic amines) is 1. The van der Waals surface area contributed by atoms with Gasteiger partial charge in [0.15, 0.2) is 5.82 Å². The van der Waals surface area contributed by atoms with Crippen LogP contribution in [0.3, 0.4) is 0 Å². The summed E-state index contributed by atoms with van der Waals surface area (Å²) in [7, 11) is 3.31. The van der Waals surface area contributed by atoms with Gasteiger partial charge in [0.2, 0.25) is 5.91 Å². The van der Waals surface area contributed by atoms with Crippen molar-refractivity contribution in [2.45, 2.75) is 32.0 Å². The van der Waals surface area contributed by atoms with Gasteiger partial charge in [0.25, 0.3) is 5.56 Å². The predicted molar refractivity (Wildman–Crippen MR) is 116 cm³/mol. The number of nitrogens with one attached hydrogen (secondary N) is 1. The van der Waals surface area contributed by atoms with Crippen LogP contribution in [-0.2, 0) is 17.9 Å². The Morgan fingerprint density at radius 2 is 2.03 bits per heavy atom. The number of nitrogens with two attached hydrogens (primary N) is 1. The number of primary amides is 1. The van der Waals surface area contributed by atoms with Crippen molar-refractivity contribution in [1.82, 2.24) is 9.55 Å². The number of aromatic nitrogens is 2. The fourth-order valence-electron chi connectivity index (χ4n) is 4.48. The summed E-state index contributed by atoms with van der Waals surface area (Å²) < 4.78 is 12.4. The van der Waals surface area contributed by atoms with Crippen molar-refractivity contribution in [2.24, 2.45) is 5.73 Å². The molecule has 1 aliphatic rings. The number of carbonyl (C=O) groups excluding carboxylic acids is 1. The fourth-order valence-corrected chi connectivity index (χ4v) is 4.48. The molecule has 2 heterocycles. The highest BCUT2D eigenvalue weighted by Crippen LogP contribution is 2.31. The molecule has 3 N–H and O–H groups in total. The first-order chi connectivity index (χ1) is 15.0. The molecule has 2 atom stereocenters. The Hall–Kier alpha value is -3.39. The zero-order chi connectivity index (χ0) is 22.0. The SMILES string of the molecule is COc1ccc(OC)c([C@H]2CCC[NH+]2Cc2nc3ccccc3c(=O)n2CC(N)=O)c1. The van der Waals surface area contributed by atoms with Crippen LogP contribution < -0.4 is 25.7 Å². The zero-order valence-electron chi connectivity index (χ0n) is 17.8. The van der Waals surface area contributed by atoms with E-state index < -0.39 is 5.91 Å². The Morgan fingerprint density at radius 1 is 1.23 bits per heavy atom. The highest BCUT2D eigenvalue weighted by molar-refractivity contribution is 5.78. The normalized spacial score (nSPS) is 18.3. The van der Waals surface area contributed by atoms with Gasteiger partial charge in [-0.2, -0.15) is 0 Å². The van der Waals surface area contributed by atoms with Crippen LogP contribution in [0.1, 0.15) is 30.3 Å². The van der Waals surface area contributed by atoms with Gasteiger partial charge < -0.3 is 20.1 Å². The lowest BCUT2D eigenvalue weighted by molar-refractivity contribution is -0.932. The van der Waals surface area contributed by atoms with Crippen LogP contribution in [0.15, 0.2) is 47.3 Å². The average Bonchev–Trinajstić information content (AvgIpc) is 3.23. The lowest BCUT2D eigenvalue weighted by Gasteiger charge is -2.24. The third-order valence-corrected chi connectivity index (χ3v) is 5.94. The van der Waals surface area contributed by atoms with Gasteiger partial charge in [-0.15, -0.1) is 0 Å². The third kappa shape index (κ3) is 4.11. The monoisotopic (exact) mass is 423 g/mol. The molecule has 0 radical (unpaired) electrons. The minimum atomic E-state index is -0.567. The number of ether oxygens (including phenoxy) is 2. The molecule has 8 heteroatoms. The smallest absolute Gasteiger partial charge is 0.262 e. The molecule has 1 amide bonds. The minimum absolute atomic E-state index is 0.162. The summed E-state index contributed by atoms with van der Waals surface area (Å²) in [4.78, 5) is 30.7. The van der Waals surface area contributed by atoms with Gasteiger partial charge in [0.05, 0.1) is 37.2 Å². The molecule has 1 fully saturated rings. The number of para-hydroxylation sites is 1. The first-order valence-electron chi connectivity index (χ1n) is 10.3. The predicted octanol–water partition coefficient (Wildman–Crippen LogP) is 0.819. The molecular formula is C23H27N4O4+. The van der Waals surface area contributed by atoms with Crippen molar-refractivity contribution < 1.29 is 19.2 Å². The molecule has 1 aromatic heterocycles. The van der Waals surface area contributed by atoms with Crippen molar-refractivity contribution in [1.29, 1.82) is 0 Å². The Morgan fingerprint density at radius 3 is 2.77 bits per heavy atom. The van der Waals surface area contributed by atoms with Crippen molar-refractivity contribution in [3.8, 4) is 11.5 Å². The fraction of sp³-hybridized carbons (Fsp3) is 0.348. The molecule has 1 aliphatic heterocycles. The molecule has 1 unspecified atom stereocenters. The average molecular weight is 423 g/mol. The van der Waals surface area contributed by atoms with Crippen LogP contribution in [0, 0.1) is 0 Å². The van der Waals surface area contributed by atoms with E-state index in [1.54, 1.807) is 26.4 Å². The lowest BCUT2D eigenvalue weighted by atomic mass is 10.0. The number of fused-ring (bicyclic) bond motifs is 1. The van der Waals surface area contributed by atoms with Gasteiger partial charge in [-0.25, -0.2) is 4.98 Å². The molecule has 8 nitrogen and oxygen atoms in total. The Bertz CT molecular complexity index is 1170. The maximum Gasteiger partial charge on any atom is 0.262 e. The molecule has 0 aliphatic carbocycles. The maximum absolute atomic E-state index is 13.1. The number of amides is 1. The number of benzene rings is 2. The van der Waals surface area contributed by atoms with E-state index in [0.717, 1.165) is 36.4 Å². The van der Waals surface area contributed by atoms with Crippen molar-refractivity contribution in [3.05, 3.63) is 64.2 Å². The maximum atomic E-state index is 13.1. The van der Waals surface area contributed by atoms with Crippen molar-refractivity contribution in [3.63, 3.8) is 0 Å². The molecule has 31 heavy (non-hydrogen) atoms. The van der Waals surface area contributed by atoms with Crippen molar-refractivity contribution in [2.75, 3.05) is 20.8 Å². The summed E-state index contributed by atoms with van der Waals surface area (Å²) in [5, 5.41) is 0.481. The Kier molecular flexibility index (Phi) is 5.90. The Balaban J connectivity index is 1.75. The molecular weight excluding hydrogens is 396 g/mol. The zero-order valence-corrected chi connectivity index (χ0v) is 17.8. The van der Waals surface area contributed by atoms with Crippen LogP contribution in [-0.4, -0.2) is 36.2 Å². The number of nitrogens with zero attached hydrogens (tertiary/aromatic N) is 2. The first kappa shape index (κ1) is 20.9. The van der Waals surface area contributed by atoms with Gasteiger partial charge in [0, 0.05) is 12.8 Å². The van der Waals surface area contributed by atoms with Gasteiger partial charge in [0.1, 0.15) is 30.6 Å². The number of hydrogen-bond donors (Lipinski definition) is 2. The van der Waals surface area contributed by atoms with E-state index in [9.17, 15) is 9.59 Å². The van der Waals surface area contributed by atoms with E-state index in [0.29, 0.717) is 23.3 Å². The second kappa shape index (κ2) is 8.77. The van der Waals surface area contributed by atoms with E-state index in [1.807, 2.05) is 30.3 Å². The minimum Gasteiger partial charge on any atom is -0.497 e. The summed E-state index contributed by atoms with van der Waals surface area (Å²) in [5.41, 5.74) is 6.89. The third-order valence-electron chi connectivity index (χ3n) is 5.94. The van der Waals surface area contributed by atoms with Crippen LogP contribution in [0.4, 0.5) is 0 Å². The van der Waals surface area contributed by atoms with E-state index in [-0.39, 0.29) is 18.1 Å². The first-order valence-corrected chi connectivity index (χ1v) is 10.3. The highest BCUT2D eigenvalue weighted by Gasteiger charge is 2.34. The van der Waals surface area contributed by atoms with E-state index in [1.165, 1.54) is 9.47 Å². The molecule has 1 saturated heterocycles. The topological polar surface area (TPSA) is 101 Å². The molecule has 4 rings (SSSR count). The lowest BCUT2D eigenvalue weighted by Crippen LogP contribution is -3.09. The van der Waals surface area contributed by atoms with Crippen molar-refractivity contribution >= 4 is 16.8 Å². The van der Waals surface area contributed by atoms with Crippen LogP contribution >= 0.6 is 0 Å². The van der Waals surface area contributed by atoms with Crippen LogP contribution in [0.25, 0.3) is 10.9 Å². The van der Waals surface area contributed by atoms with Gasteiger partial charge in [-0.05, 0) is 30.3 Å². The molecule has 162 valence electrons. The number of quaternary nitrogens is 1. The molecule has 0 bridgehead atoms. The second-order valence-electron chi connectivity index (χ2n) is 7.79. The second-order valence-corrected chi connectivity index (χ2v) is 7.79. The number of methoxy groups -OCH3 is 2. The van der Waals surface area contributed by atoms with Crippen LogP contribution in [0.2, 0.25) is 0 Å². The van der Waals surface area contributed by atoms with Gasteiger partial charge in [-0.3, -0.25) is 14.2 Å². The van der Waals surface area contributed by atoms with E-state index >= 15 is 0 Å². The quantitative estimate of drug-likeness (QED) is 0.586. The molecule has 3 aromatic rings. The molecule has 2 aromatic carbocycles. The van der Waals surface area contributed by atoms with Gasteiger partial charge >= 0.3 is 0 Å². The number of rotatable bonds is 7. The summed E-state index contributed by atoms with van der Waals surface area (Å²) in [6, 6.07) is 13.2. The molecule has 0 spiro atoms. The molecule has 0 saturated carbocycles. The van der Waals surface area contributed by atoms with E-state index in [2.05, 4.69) is 0 Å². The summed E-state index contributed by atoms with van der Waals surface area (Å²) >= 11 is 0. The summed E-state index contributed by atoms with van der Waals surface area (Å²) in [6.07, 6.45) is 2.01.